The van der Waals surface area contributed by atoms with E-state index in [1.807, 2.05) is 0 Å². The van der Waals surface area contributed by atoms with E-state index in [2.05, 4.69) is 32.9 Å². The number of hydrogen-bond acceptors (Lipinski definition) is 1. The van der Waals surface area contributed by atoms with Gasteiger partial charge in [-0.1, -0.05) is 26.0 Å². The lowest BCUT2D eigenvalue weighted by Crippen LogP contribution is -2.18. The number of epoxide rings is 1. The largest absolute Gasteiger partial charge is 0.362 e. The number of allylic oxidation sites excluding steroid dienone is 1. The van der Waals surface area contributed by atoms with Crippen LogP contribution in [-0.2, 0) is 4.74 Å². The van der Waals surface area contributed by atoms with E-state index >= 15 is 0 Å². The quantitative estimate of drug-likeness (QED) is 0.415. The highest BCUT2D eigenvalue weighted by Gasteiger charge is 2.52. The molecule has 0 spiro atoms. The van der Waals surface area contributed by atoms with Crippen LogP contribution < -0.4 is 0 Å². The number of hydrogen-bond donors (Lipinski definition) is 0. The molecule has 1 aliphatic heterocycles. The van der Waals surface area contributed by atoms with Crippen molar-refractivity contribution in [2.45, 2.75) is 38.9 Å². The van der Waals surface area contributed by atoms with Crippen LogP contribution in [0.2, 0.25) is 0 Å². The molecule has 1 saturated heterocycles. The molecule has 0 aromatic carbocycles. The Morgan fingerprint density at radius 1 is 1.55 bits per heavy atom. The molecule has 11 heavy (non-hydrogen) atoms. The summed E-state index contributed by atoms with van der Waals surface area (Å²) in [5, 5.41) is 0. The summed E-state index contributed by atoms with van der Waals surface area (Å²) in [5.41, 5.74) is 0.130. The molecule has 2 rings (SSSR count). The highest BCUT2D eigenvalue weighted by atomic mass is 16.6. The van der Waals surface area contributed by atoms with Gasteiger partial charge >= 0.3 is 0 Å². The van der Waals surface area contributed by atoms with Crippen molar-refractivity contribution in [1.29, 1.82) is 0 Å². The maximum atomic E-state index is 5.56. The molecule has 3 atom stereocenters. The molecule has 0 radical (unpaired) electrons. The van der Waals surface area contributed by atoms with Crippen molar-refractivity contribution < 1.29 is 4.74 Å². The highest BCUT2D eigenvalue weighted by Crippen LogP contribution is 2.46. The zero-order valence-corrected chi connectivity index (χ0v) is 7.50. The number of rotatable bonds is 1. The summed E-state index contributed by atoms with van der Waals surface area (Å²) in [6.07, 6.45) is 6.32. The van der Waals surface area contributed by atoms with E-state index in [-0.39, 0.29) is 5.60 Å². The van der Waals surface area contributed by atoms with E-state index in [0.717, 1.165) is 11.8 Å². The molecule has 1 heteroatoms. The van der Waals surface area contributed by atoms with Crippen molar-refractivity contribution in [3.05, 3.63) is 12.2 Å². The zero-order chi connectivity index (χ0) is 8.06. The van der Waals surface area contributed by atoms with Crippen molar-refractivity contribution in [3.63, 3.8) is 0 Å². The summed E-state index contributed by atoms with van der Waals surface area (Å²) in [6, 6.07) is 0. The van der Waals surface area contributed by atoms with Crippen molar-refractivity contribution in [3.8, 4) is 0 Å². The minimum Gasteiger partial charge on any atom is -0.362 e. The third-order valence-corrected chi connectivity index (χ3v) is 3.00. The zero-order valence-electron chi connectivity index (χ0n) is 7.50. The minimum atomic E-state index is 0.130. The fourth-order valence-corrected chi connectivity index (χ4v) is 1.84. The third kappa shape index (κ3) is 1.12. The second-order valence-electron chi connectivity index (χ2n) is 4.29. The first-order valence-corrected chi connectivity index (χ1v) is 4.49. The van der Waals surface area contributed by atoms with Crippen LogP contribution in [0.3, 0.4) is 0 Å². The van der Waals surface area contributed by atoms with Crippen LogP contribution >= 0.6 is 0 Å². The molecular formula is C10H16O. The van der Waals surface area contributed by atoms with Gasteiger partial charge in [0.2, 0.25) is 0 Å². The van der Waals surface area contributed by atoms with E-state index in [1.54, 1.807) is 0 Å². The monoisotopic (exact) mass is 152 g/mol. The molecule has 1 aliphatic carbocycles. The predicted molar refractivity (Wildman–Crippen MR) is 45.4 cm³/mol. The molecule has 0 aromatic rings. The summed E-state index contributed by atoms with van der Waals surface area (Å²) in [5.74, 6) is 1.51. The predicted octanol–water partition coefficient (Wildman–Crippen LogP) is 2.38. The summed E-state index contributed by atoms with van der Waals surface area (Å²) >= 11 is 0. The Hall–Kier alpha value is -0.300. The molecule has 2 aliphatic rings. The van der Waals surface area contributed by atoms with Crippen molar-refractivity contribution >= 4 is 0 Å². The molecule has 1 nitrogen and oxygen atoms in total. The molecule has 0 N–H and O–H groups in total. The lowest BCUT2D eigenvalue weighted by molar-refractivity contribution is 0.324. The second-order valence-corrected chi connectivity index (χ2v) is 4.29. The van der Waals surface area contributed by atoms with E-state index in [0.29, 0.717) is 6.10 Å². The SMILES string of the molecule is CC(C)[C@H]1C=C[C@]2(C)O[C@@H]2C1. The molecule has 0 unspecified atom stereocenters. The summed E-state index contributed by atoms with van der Waals surface area (Å²) < 4.78 is 5.56. The Labute approximate surface area is 68.4 Å². The van der Waals surface area contributed by atoms with Gasteiger partial charge in [-0.3, -0.25) is 0 Å². The van der Waals surface area contributed by atoms with Gasteiger partial charge in [-0.2, -0.15) is 0 Å². The molecule has 0 bridgehead atoms. The first-order valence-electron chi connectivity index (χ1n) is 4.49. The maximum Gasteiger partial charge on any atom is 0.110 e. The molecule has 0 amide bonds. The first-order chi connectivity index (χ1) is 5.12. The van der Waals surface area contributed by atoms with E-state index in [4.69, 9.17) is 4.74 Å². The van der Waals surface area contributed by atoms with Crippen molar-refractivity contribution in [2.75, 3.05) is 0 Å². The van der Waals surface area contributed by atoms with Crippen LogP contribution in [-0.4, -0.2) is 11.7 Å². The fraction of sp³-hybridized carbons (Fsp3) is 0.800. The Morgan fingerprint density at radius 2 is 2.27 bits per heavy atom. The van der Waals surface area contributed by atoms with Crippen LogP contribution in [0.15, 0.2) is 12.2 Å². The minimum absolute atomic E-state index is 0.130. The molecule has 62 valence electrons. The smallest absolute Gasteiger partial charge is 0.110 e. The average Bonchev–Trinajstić information content (AvgIpc) is 2.58. The lowest BCUT2D eigenvalue weighted by atomic mass is 9.83. The molecule has 0 aromatic heterocycles. The van der Waals surface area contributed by atoms with Gasteiger partial charge in [0.25, 0.3) is 0 Å². The topological polar surface area (TPSA) is 12.5 Å². The second kappa shape index (κ2) is 2.10. The van der Waals surface area contributed by atoms with Gasteiger partial charge in [0.1, 0.15) is 5.60 Å². The number of ether oxygens (including phenoxy) is 1. The van der Waals surface area contributed by atoms with Crippen LogP contribution in [0.4, 0.5) is 0 Å². The van der Waals surface area contributed by atoms with Gasteiger partial charge in [-0.05, 0) is 25.2 Å². The van der Waals surface area contributed by atoms with E-state index < -0.39 is 0 Å². The van der Waals surface area contributed by atoms with Gasteiger partial charge in [0, 0.05) is 0 Å². The highest BCUT2D eigenvalue weighted by molar-refractivity contribution is 5.20. The first kappa shape index (κ1) is 7.35. The van der Waals surface area contributed by atoms with Gasteiger partial charge in [0.05, 0.1) is 6.10 Å². The molecule has 1 fully saturated rings. The normalized spacial score (nSPS) is 47.6. The summed E-state index contributed by atoms with van der Waals surface area (Å²) in [4.78, 5) is 0. The number of fused-ring (bicyclic) bond motifs is 1. The third-order valence-electron chi connectivity index (χ3n) is 3.00. The van der Waals surface area contributed by atoms with E-state index in [9.17, 15) is 0 Å². The van der Waals surface area contributed by atoms with Crippen LogP contribution in [0, 0.1) is 11.8 Å². The standard InChI is InChI=1S/C10H16O/c1-7(2)8-4-5-10(3)9(6-8)11-10/h4-5,7-9H,6H2,1-3H3/t8-,9+,10-/m0/s1. The Bertz CT molecular complexity index is 195. The van der Waals surface area contributed by atoms with Crippen molar-refractivity contribution in [2.24, 2.45) is 11.8 Å². The molecule has 0 saturated carbocycles. The fourth-order valence-electron chi connectivity index (χ4n) is 1.84. The maximum absolute atomic E-state index is 5.56. The van der Waals surface area contributed by atoms with Crippen LogP contribution in [0.1, 0.15) is 27.2 Å². The van der Waals surface area contributed by atoms with Crippen LogP contribution in [0.5, 0.6) is 0 Å². The molecule has 1 heterocycles. The van der Waals surface area contributed by atoms with Gasteiger partial charge in [-0.25, -0.2) is 0 Å². The van der Waals surface area contributed by atoms with Crippen molar-refractivity contribution in [1.82, 2.24) is 0 Å². The van der Waals surface area contributed by atoms with E-state index in [1.165, 1.54) is 6.42 Å². The van der Waals surface area contributed by atoms with Crippen LogP contribution in [0.25, 0.3) is 0 Å². The lowest BCUT2D eigenvalue weighted by Gasteiger charge is -2.19. The van der Waals surface area contributed by atoms with Gasteiger partial charge < -0.3 is 4.74 Å². The Morgan fingerprint density at radius 3 is 2.82 bits per heavy atom. The summed E-state index contributed by atoms with van der Waals surface area (Å²) in [6.45, 7) is 6.73. The summed E-state index contributed by atoms with van der Waals surface area (Å²) in [7, 11) is 0. The Balaban J connectivity index is 2.07. The van der Waals surface area contributed by atoms with Gasteiger partial charge in [-0.15, -0.1) is 0 Å². The molecular weight excluding hydrogens is 136 g/mol. The van der Waals surface area contributed by atoms with Gasteiger partial charge in [0.15, 0.2) is 0 Å². The Kier molecular flexibility index (Phi) is 1.40. The average molecular weight is 152 g/mol.